The summed E-state index contributed by atoms with van der Waals surface area (Å²) in [4.78, 5) is 129. The van der Waals surface area contributed by atoms with Crippen molar-refractivity contribution in [2.45, 2.75) is 64.5 Å². The number of nitrogens with one attached hydrogen (secondary N) is 6. The minimum atomic E-state index is -1.04. The molecule has 2 aliphatic rings. The number of aliphatic imine (C=N–C) groups is 1. The monoisotopic (exact) mass is 1230 g/mol. The van der Waals surface area contributed by atoms with E-state index in [1.54, 1.807) is 81.1 Å². The number of carbonyl (C=O) groups is 9. The van der Waals surface area contributed by atoms with Gasteiger partial charge in [0.25, 0.3) is 0 Å². The maximum absolute atomic E-state index is 14.4. The second-order valence-electron chi connectivity index (χ2n) is 21.3. The van der Waals surface area contributed by atoms with E-state index in [2.05, 4.69) is 43.5 Å². The number of allylic oxidation sites excluding steroid dienone is 4. The summed E-state index contributed by atoms with van der Waals surface area (Å²) in [6, 6.07) is 11.7. The van der Waals surface area contributed by atoms with Gasteiger partial charge in [0.2, 0.25) is 29.5 Å². The first-order valence-corrected chi connectivity index (χ1v) is 29.7. The van der Waals surface area contributed by atoms with Crippen LogP contribution in [0.25, 0.3) is 0 Å². The first-order valence-electron chi connectivity index (χ1n) is 29.7. The molecule has 0 aromatic heterocycles. The van der Waals surface area contributed by atoms with Crippen molar-refractivity contribution >= 4 is 59.4 Å². The molecule has 28 nitrogen and oxygen atoms in total. The Kier molecular flexibility index (Phi) is 32.8. The fourth-order valence-electron chi connectivity index (χ4n) is 9.49. The number of ether oxygens (including phenoxy) is 1. The molecule has 28 heteroatoms. The molecule has 484 valence electrons. The summed E-state index contributed by atoms with van der Waals surface area (Å²) in [5.74, 6) is -5.11. The molecule has 0 radical (unpaired) electrons. The normalized spacial score (nSPS) is 16.1. The van der Waals surface area contributed by atoms with Crippen LogP contribution in [0.4, 0.5) is 4.79 Å². The number of nitrogens with zero attached hydrogens (tertiary/aromatic N) is 7. The molecule has 2 aliphatic heterocycles. The number of urea groups is 1. The van der Waals surface area contributed by atoms with Gasteiger partial charge in [-0.25, -0.2) is 4.79 Å². The van der Waals surface area contributed by atoms with Crippen LogP contribution in [-0.4, -0.2) is 259 Å². The summed E-state index contributed by atoms with van der Waals surface area (Å²) in [6.45, 7) is 12.5. The fraction of sp³-hybridized carbons (Fsp3) is 0.533. The smallest absolute Gasteiger partial charge is 0.321 e. The van der Waals surface area contributed by atoms with Gasteiger partial charge in [0, 0.05) is 118 Å². The molecule has 2 saturated heterocycles. The largest absolute Gasteiger partial charge is 0.508 e. The number of carbonyl (C=O) groups excluding carboxylic acids is 6. The lowest BCUT2D eigenvalue weighted by Crippen LogP contribution is -2.54. The molecule has 2 fully saturated rings. The second kappa shape index (κ2) is 40.1. The van der Waals surface area contributed by atoms with Crippen molar-refractivity contribution in [2.24, 2.45) is 10.7 Å². The minimum Gasteiger partial charge on any atom is -0.508 e. The standard InChI is InChI=1S/C60H90N14O14/c1-4-6-7-12-44(3)56(58(86)67-49(57(85)66-38-45-16-18-47(75)19-17-45)15-11-21-64-59(61)68-60(87)65-23-22-63-50(76)5-2)46-13-10-14-48(37-46)88-36-9-8-20-62-51(77)39-69-32-34-74(35-33-69)52(78)40-70-24-26-71(41-53(79)80)28-30-73(43-55(83)84)31-29-72(27-25-70)42-54(81)82/h4,6-7,10,12-14,16-19,37,49,56,75H,3,5,8-9,11,15,20-36,38-43H2,1-2H3,(H,62,77)(H,63,76)(H,66,85)(H,67,86)(H,79,80)(H,81,82)(H,83,84)(H4,61,64,65,68,87)/b6-4-,12-7-/t49-,56+/m1/s1. The van der Waals surface area contributed by atoms with Crippen LogP contribution in [-0.2, 0) is 44.9 Å². The molecule has 0 spiro atoms. The Labute approximate surface area is 514 Å². The molecule has 7 amide bonds. The van der Waals surface area contributed by atoms with E-state index in [1.807, 2.05) is 22.8 Å². The number of benzene rings is 2. The van der Waals surface area contributed by atoms with E-state index < -0.39 is 47.7 Å². The van der Waals surface area contributed by atoms with Gasteiger partial charge < -0.3 is 62.4 Å². The number of hydrogen-bond acceptors (Lipinski definition) is 17. The highest BCUT2D eigenvalue weighted by Gasteiger charge is 2.30. The number of carboxylic acids is 3. The Balaban J connectivity index is 1.28. The van der Waals surface area contributed by atoms with Crippen LogP contribution in [0.2, 0.25) is 0 Å². The molecule has 0 aliphatic carbocycles. The highest BCUT2D eigenvalue weighted by atomic mass is 16.5. The topological polar surface area (TPSA) is 374 Å². The van der Waals surface area contributed by atoms with Gasteiger partial charge in [0.15, 0.2) is 5.96 Å². The number of unbranched alkanes of at least 4 members (excludes halogenated alkanes) is 1. The quantitative estimate of drug-likeness (QED) is 0.0190. The van der Waals surface area contributed by atoms with Crippen molar-refractivity contribution in [3.63, 3.8) is 0 Å². The van der Waals surface area contributed by atoms with Crippen molar-refractivity contribution in [2.75, 3.05) is 144 Å². The van der Waals surface area contributed by atoms with Crippen molar-refractivity contribution < 1.29 is 68.3 Å². The molecular weight excluding hydrogens is 1140 g/mol. The third-order valence-electron chi connectivity index (χ3n) is 14.3. The summed E-state index contributed by atoms with van der Waals surface area (Å²) in [5, 5.41) is 54.7. The Bertz CT molecular complexity index is 2670. The van der Waals surface area contributed by atoms with E-state index in [4.69, 9.17) is 10.5 Å². The van der Waals surface area contributed by atoms with Gasteiger partial charge in [-0.15, -0.1) is 0 Å². The Hall–Kier alpha value is -8.44. The van der Waals surface area contributed by atoms with Crippen LogP contribution >= 0.6 is 0 Å². The van der Waals surface area contributed by atoms with Crippen LogP contribution < -0.4 is 42.4 Å². The number of carboxylic acid groups (broad SMARTS) is 3. The van der Waals surface area contributed by atoms with Crippen LogP contribution in [0.1, 0.15) is 63.0 Å². The molecular formula is C60H90N14O14. The molecule has 4 rings (SSSR count). The summed E-state index contributed by atoms with van der Waals surface area (Å²) in [5.41, 5.74) is 7.65. The third-order valence-corrected chi connectivity index (χ3v) is 14.3. The molecule has 2 aromatic carbocycles. The van der Waals surface area contributed by atoms with Crippen LogP contribution in [0.15, 0.2) is 90.0 Å². The Morgan fingerprint density at radius 3 is 1.80 bits per heavy atom. The number of aliphatic carboxylic acids is 3. The van der Waals surface area contributed by atoms with E-state index in [0.717, 1.165) is 0 Å². The molecule has 12 N–H and O–H groups in total. The fourth-order valence-corrected chi connectivity index (χ4v) is 9.49. The molecule has 2 atom stereocenters. The number of aromatic hydroxyl groups is 1. The minimum absolute atomic E-state index is 0.0315. The molecule has 0 saturated carbocycles. The number of guanidine groups is 1. The lowest BCUT2D eigenvalue weighted by atomic mass is 9.90. The van der Waals surface area contributed by atoms with Gasteiger partial charge in [0.05, 0.1) is 45.2 Å². The number of hydrogen-bond donors (Lipinski definition) is 11. The SMILES string of the molecule is C=C(/C=C\C=C/C)[C@H](C(=O)N[C@H](CCCN=C(N)NC(=O)NCCNC(=O)CC)C(=O)NCc1ccc(O)cc1)c1cccc(OCCCCNC(=O)CN2CCN(C(=O)CN3CCN(CC(=O)O)CCN(CC(=O)O)CCN(CC(=O)O)CC3)CC2)c1. The van der Waals surface area contributed by atoms with E-state index in [9.17, 15) is 63.6 Å². The first-order chi connectivity index (χ1) is 42.2. The summed E-state index contributed by atoms with van der Waals surface area (Å²) < 4.78 is 6.13. The van der Waals surface area contributed by atoms with Crippen molar-refractivity contribution in [1.29, 1.82) is 0 Å². The van der Waals surface area contributed by atoms with E-state index in [1.165, 1.54) is 12.1 Å². The zero-order chi connectivity index (χ0) is 64.2. The maximum Gasteiger partial charge on any atom is 0.321 e. The van der Waals surface area contributed by atoms with Gasteiger partial charge >= 0.3 is 23.9 Å². The van der Waals surface area contributed by atoms with Crippen molar-refractivity contribution in [1.82, 2.24) is 61.3 Å². The van der Waals surface area contributed by atoms with Crippen LogP contribution in [0.3, 0.4) is 0 Å². The zero-order valence-electron chi connectivity index (χ0n) is 50.7. The number of piperazine rings is 1. The second-order valence-corrected chi connectivity index (χ2v) is 21.3. The van der Waals surface area contributed by atoms with E-state index in [-0.39, 0.29) is 127 Å². The Morgan fingerprint density at radius 2 is 1.22 bits per heavy atom. The van der Waals surface area contributed by atoms with Gasteiger partial charge in [-0.2, -0.15) is 0 Å². The van der Waals surface area contributed by atoms with Gasteiger partial charge in [-0.1, -0.05) is 62.1 Å². The molecule has 88 heavy (non-hydrogen) atoms. The van der Waals surface area contributed by atoms with E-state index >= 15 is 0 Å². The lowest BCUT2D eigenvalue weighted by molar-refractivity contribution is -0.141. The average molecular weight is 1230 g/mol. The Morgan fingerprint density at radius 1 is 0.659 bits per heavy atom. The van der Waals surface area contributed by atoms with Crippen molar-refractivity contribution in [3.8, 4) is 11.5 Å². The number of amides is 7. The highest BCUT2D eigenvalue weighted by molar-refractivity contribution is 5.95. The molecule has 2 aromatic rings. The van der Waals surface area contributed by atoms with E-state index in [0.29, 0.717) is 107 Å². The van der Waals surface area contributed by atoms with Crippen molar-refractivity contribution in [3.05, 3.63) is 96.1 Å². The number of phenols is 1. The van der Waals surface area contributed by atoms with Gasteiger partial charge in [-0.05, 0) is 73.6 Å². The highest BCUT2D eigenvalue weighted by Crippen LogP contribution is 2.28. The predicted octanol–water partition coefficient (Wildman–Crippen LogP) is -0.219. The number of rotatable bonds is 33. The summed E-state index contributed by atoms with van der Waals surface area (Å²) in [6.07, 6.45) is 9.01. The zero-order valence-corrected chi connectivity index (χ0v) is 50.7. The number of phenolic OH excluding ortho intramolecular Hbond substituents is 1. The van der Waals surface area contributed by atoms with Crippen LogP contribution in [0, 0.1) is 0 Å². The molecule has 2 heterocycles. The summed E-state index contributed by atoms with van der Waals surface area (Å²) in [7, 11) is 0. The van der Waals surface area contributed by atoms with Crippen LogP contribution in [0.5, 0.6) is 11.5 Å². The third kappa shape index (κ3) is 29.3. The van der Waals surface area contributed by atoms with Gasteiger partial charge in [-0.3, -0.25) is 73.2 Å². The summed E-state index contributed by atoms with van der Waals surface area (Å²) >= 11 is 0. The lowest BCUT2D eigenvalue weighted by Gasteiger charge is -2.36. The maximum atomic E-state index is 14.4. The molecule has 0 unspecified atom stereocenters. The number of nitrogens with two attached hydrogens (primary N) is 1. The first kappa shape index (κ1) is 72.0. The van der Waals surface area contributed by atoms with Gasteiger partial charge in [0.1, 0.15) is 17.5 Å². The average Bonchev–Trinajstić information content (AvgIpc) is 1.84. The molecule has 0 bridgehead atoms. The predicted molar refractivity (Wildman–Crippen MR) is 329 cm³/mol.